The first-order valence-electron chi connectivity index (χ1n) is 7.11. The van der Waals surface area contributed by atoms with E-state index in [0.717, 1.165) is 36.7 Å². The zero-order valence-corrected chi connectivity index (χ0v) is 12.8. The first-order valence-corrected chi connectivity index (χ1v) is 7.11. The third-order valence-corrected chi connectivity index (χ3v) is 3.48. The molecule has 0 spiro atoms. The van der Waals surface area contributed by atoms with E-state index in [2.05, 4.69) is 22.2 Å². The lowest BCUT2D eigenvalue weighted by Crippen LogP contribution is -2.25. The summed E-state index contributed by atoms with van der Waals surface area (Å²) in [5, 5.41) is 3.23. The van der Waals surface area contributed by atoms with E-state index in [9.17, 15) is 4.39 Å². The van der Waals surface area contributed by atoms with Gasteiger partial charge < -0.3 is 9.73 Å². The molecule has 0 fully saturated rings. The number of nitrogens with one attached hydrogen (secondary N) is 1. The minimum atomic E-state index is -0.307. The first-order chi connectivity index (χ1) is 10.1. The molecule has 5 heteroatoms. The van der Waals surface area contributed by atoms with Gasteiger partial charge in [-0.3, -0.25) is 9.88 Å². The van der Waals surface area contributed by atoms with Crippen molar-refractivity contribution in [2.75, 3.05) is 20.6 Å². The molecule has 0 amide bonds. The number of halogens is 1. The Morgan fingerprint density at radius 1 is 1.33 bits per heavy atom. The molecule has 1 unspecified atom stereocenters. The van der Waals surface area contributed by atoms with Crippen LogP contribution in [0, 0.1) is 12.7 Å². The molecule has 0 aromatic carbocycles. The van der Waals surface area contributed by atoms with Crippen LogP contribution < -0.4 is 5.32 Å². The largest absolute Gasteiger partial charge is 0.465 e. The standard InChI is InChI=1S/C16H22FN3O/c1-12-4-6-14(21-12)11-20(3)9-8-15(18-2)16-7-5-13(17)10-19-16/h4-7,10,15,18H,8-9,11H2,1-3H3. The highest BCUT2D eigenvalue weighted by molar-refractivity contribution is 5.10. The molecule has 0 saturated carbocycles. The Morgan fingerprint density at radius 3 is 2.71 bits per heavy atom. The van der Waals surface area contributed by atoms with E-state index in [1.54, 1.807) is 6.07 Å². The Hall–Kier alpha value is -1.72. The zero-order valence-electron chi connectivity index (χ0n) is 12.8. The van der Waals surface area contributed by atoms with Gasteiger partial charge in [-0.15, -0.1) is 0 Å². The summed E-state index contributed by atoms with van der Waals surface area (Å²) in [5.41, 5.74) is 0.862. The quantitative estimate of drug-likeness (QED) is 0.851. The third kappa shape index (κ3) is 4.65. The minimum Gasteiger partial charge on any atom is -0.465 e. The monoisotopic (exact) mass is 291 g/mol. The molecule has 0 bridgehead atoms. The highest BCUT2D eigenvalue weighted by atomic mass is 19.1. The normalized spacial score (nSPS) is 12.8. The van der Waals surface area contributed by atoms with Crippen molar-refractivity contribution in [3.05, 3.63) is 53.5 Å². The Balaban J connectivity index is 1.86. The number of nitrogens with zero attached hydrogens (tertiary/aromatic N) is 2. The van der Waals surface area contributed by atoms with E-state index >= 15 is 0 Å². The number of rotatable bonds is 7. The molecule has 114 valence electrons. The van der Waals surface area contributed by atoms with Crippen LogP contribution in [0.1, 0.15) is 29.7 Å². The van der Waals surface area contributed by atoms with Crippen molar-refractivity contribution in [1.82, 2.24) is 15.2 Å². The summed E-state index contributed by atoms with van der Waals surface area (Å²) in [6, 6.07) is 7.27. The zero-order chi connectivity index (χ0) is 15.2. The molecule has 2 aromatic heterocycles. The van der Waals surface area contributed by atoms with Crippen LogP contribution in [0.25, 0.3) is 0 Å². The van der Waals surface area contributed by atoms with Crippen molar-refractivity contribution in [2.45, 2.75) is 25.9 Å². The van der Waals surface area contributed by atoms with Crippen LogP contribution in [0.3, 0.4) is 0 Å². The Kier molecular flexibility index (Phi) is 5.47. The van der Waals surface area contributed by atoms with Crippen LogP contribution in [0.5, 0.6) is 0 Å². The molecule has 0 saturated heterocycles. The van der Waals surface area contributed by atoms with Crippen molar-refractivity contribution in [3.8, 4) is 0 Å². The predicted molar refractivity (Wildman–Crippen MR) is 80.4 cm³/mol. The maximum atomic E-state index is 12.9. The van der Waals surface area contributed by atoms with Crippen LogP contribution in [0.15, 0.2) is 34.9 Å². The highest BCUT2D eigenvalue weighted by Crippen LogP contribution is 2.15. The predicted octanol–water partition coefficient (Wildman–Crippen LogP) is 2.90. The van der Waals surface area contributed by atoms with E-state index in [1.807, 2.05) is 26.1 Å². The van der Waals surface area contributed by atoms with Crippen LogP contribution in [0.4, 0.5) is 4.39 Å². The molecule has 2 aromatic rings. The van der Waals surface area contributed by atoms with Crippen LogP contribution in [-0.2, 0) is 6.54 Å². The lowest BCUT2D eigenvalue weighted by molar-refractivity contribution is 0.275. The number of pyridine rings is 1. The van der Waals surface area contributed by atoms with Crippen molar-refractivity contribution in [2.24, 2.45) is 0 Å². The van der Waals surface area contributed by atoms with Crippen LogP contribution in [-0.4, -0.2) is 30.5 Å². The number of hydrogen-bond donors (Lipinski definition) is 1. The second-order valence-electron chi connectivity index (χ2n) is 5.28. The molecule has 1 N–H and O–H groups in total. The minimum absolute atomic E-state index is 0.117. The molecule has 0 aliphatic rings. The van der Waals surface area contributed by atoms with Gasteiger partial charge in [0, 0.05) is 6.54 Å². The van der Waals surface area contributed by atoms with E-state index in [4.69, 9.17) is 4.42 Å². The van der Waals surface area contributed by atoms with Gasteiger partial charge in [0.25, 0.3) is 0 Å². The van der Waals surface area contributed by atoms with Crippen molar-refractivity contribution in [3.63, 3.8) is 0 Å². The summed E-state index contributed by atoms with van der Waals surface area (Å²) in [6.07, 6.45) is 2.15. The summed E-state index contributed by atoms with van der Waals surface area (Å²) in [7, 11) is 3.95. The molecular weight excluding hydrogens is 269 g/mol. The molecule has 2 rings (SSSR count). The fraction of sp³-hybridized carbons (Fsp3) is 0.438. The maximum absolute atomic E-state index is 12.9. The highest BCUT2D eigenvalue weighted by Gasteiger charge is 2.12. The fourth-order valence-electron chi connectivity index (χ4n) is 2.30. The van der Waals surface area contributed by atoms with Gasteiger partial charge in [-0.2, -0.15) is 0 Å². The summed E-state index contributed by atoms with van der Waals surface area (Å²) < 4.78 is 18.5. The number of aryl methyl sites for hydroxylation is 1. The van der Waals surface area contributed by atoms with Crippen LogP contribution >= 0.6 is 0 Å². The summed E-state index contributed by atoms with van der Waals surface area (Å²) >= 11 is 0. The lowest BCUT2D eigenvalue weighted by Gasteiger charge is -2.20. The van der Waals surface area contributed by atoms with Crippen molar-refractivity contribution in [1.29, 1.82) is 0 Å². The molecule has 2 heterocycles. The fourth-order valence-corrected chi connectivity index (χ4v) is 2.30. The second kappa shape index (κ2) is 7.33. The van der Waals surface area contributed by atoms with E-state index in [0.29, 0.717) is 0 Å². The van der Waals surface area contributed by atoms with Gasteiger partial charge in [-0.25, -0.2) is 4.39 Å². The molecule has 1 atom stereocenters. The number of furan rings is 1. The average Bonchev–Trinajstić information content (AvgIpc) is 2.86. The number of aromatic nitrogens is 1. The number of hydrogen-bond acceptors (Lipinski definition) is 4. The van der Waals surface area contributed by atoms with Gasteiger partial charge in [0.15, 0.2) is 0 Å². The van der Waals surface area contributed by atoms with E-state index < -0.39 is 0 Å². The van der Waals surface area contributed by atoms with Gasteiger partial charge in [0.2, 0.25) is 0 Å². The molecule has 0 aliphatic heterocycles. The summed E-state index contributed by atoms with van der Waals surface area (Å²) in [4.78, 5) is 6.34. The van der Waals surface area contributed by atoms with Gasteiger partial charge in [0.05, 0.1) is 24.5 Å². The lowest BCUT2D eigenvalue weighted by atomic mass is 10.1. The van der Waals surface area contributed by atoms with Gasteiger partial charge in [0.1, 0.15) is 17.3 Å². The van der Waals surface area contributed by atoms with Crippen molar-refractivity contribution >= 4 is 0 Å². The topological polar surface area (TPSA) is 41.3 Å². The Morgan fingerprint density at radius 2 is 2.14 bits per heavy atom. The second-order valence-corrected chi connectivity index (χ2v) is 5.28. The van der Waals surface area contributed by atoms with Gasteiger partial charge in [-0.1, -0.05) is 0 Å². The van der Waals surface area contributed by atoms with Crippen LogP contribution in [0.2, 0.25) is 0 Å². The first kappa shape index (κ1) is 15.7. The summed E-state index contributed by atoms with van der Waals surface area (Å²) in [5.74, 6) is 1.59. The molecule has 0 radical (unpaired) electrons. The van der Waals surface area contributed by atoms with E-state index in [-0.39, 0.29) is 11.9 Å². The van der Waals surface area contributed by atoms with Gasteiger partial charge >= 0.3 is 0 Å². The molecular formula is C16H22FN3O. The Bertz CT molecular complexity index is 553. The smallest absolute Gasteiger partial charge is 0.141 e. The molecule has 21 heavy (non-hydrogen) atoms. The molecule has 0 aliphatic carbocycles. The Labute approximate surface area is 125 Å². The average molecular weight is 291 g/mol. The van der Waals surface area contributed by atoms with Crippen molar-refractivity contribution < 1.29 is 8.81 Å². The molecule has 4 nitrogen and oxygen atoms in total. The SMILES string of the molecule is CNC(CCN(C)Cc1ccc(C)o1)c1ccc(F)cn1. The third-order valence-electron chi connectivity index (χ3n) is 3.48. The van der Waals surface area contributed by atoms with Gasteiger partial charge in [-0.05, 0) is 51.7 Å². The maximum Gasteiger partial charge on any atom is 0.141 e. The van der Waals surface area contributed by atoms with E-state index in [1.165, 1.54) is 12.3 Å². The summed E-state index contributed by atoms with van der Waals surface area (Å²) in [6.45, 7) is 3.62.